The highest BCUT2D eigenvalue weighted by atomic mass is 16.5. The lowest BCUT2D eigenvalue weighted by atomic mass is 9.82. The van der Waals surface area contributed by atoms with Crippen LogP contribution in [0.5, 0.6) is 5.75 Å². The Bertz CT molecular complexity index is 1290. The minimum absolute atomic E-state index is 0.0916. The number of aryl methyl sites for hydroxylation is 3. The molecule has 4 heteroatoms. The van der Waals surface area contributed by atoms with Gasteiger partial charge in [0.15, 0.2) is 6.61 Å². The number of H-pyrrole nitrogens is 1. The average Bonchev–Trinajstić information content (AvgIpc) is 3.23. The second-order valence-corrected chi connectivity index (χ2v) is 8.92. The van der Waals surface area contributed by atoms with Crippen LogP contribution in [-0.4, -0.2) is 17.8 Å². The first-order chi connectivity index (χ1) is 16.6. The lowest BCUT2D eigenvalue weighted by molar-refractivity contribution is 0.368. The minimum atomic E-state index is 0.0916. The summed E-state index contributed by atoms with van der Waals surface area (Å²) >= 11 is 0. The van der Waals surface area contributed by atoms with Crippen LogP contribution in [0.25, 0.3) is 10.9 Å². The maximum atomic E-state index is 8.60. The normalized spacial score (nSPS) is 14.4. The van der Waals surface area contributed by atoms with Crippen molar-refractivity contribution in [3.8, 4) is 11.8 Å². The van der Waals surface area contributed by atoms with Gasteiger partial charge in [-0.2, -0.15) is 5.26 Å². The highest BCUT2D eigenvalue weighted by molar-refractivity contribution is 5.86. The molecule has 0 aliphatic heterocycles. The number of ether oxygens (including phenoxy) is 1. The maximum absolute atomic E-state index is 8.60. The van der Waals surface area contributed by atoms with E-state index in [0.29, 0.717) is 5.92 Å². The lowest BCUT2D eigenvalue weighted by Crippen LogP contribution is -2.10. The highest BCUT2D eigenvalue weighted by Gasteiger charge is 2.25. The molecule has 172 valence electrons. The van der Waals surface area contributed by atoms with Crippen LogP contribution in [0, 0.1) is 30.6 Å². The van der Waals surface area contributed by atoms with Crippen LogP contribution < -0.4 is 4.74 Å². The third-order valence-corrected chi connectivity index (χ3v) is 6.41. The van der Waals surface area contributed by atoms with Gasteiger partial charge in [-0.05, 0) is 80.3 Å². The fourth-order valence-electron chi connectivity index (χ4n) is 4.66. The molecule has 3 aromatic carbocycles. The SMILES string of the molecule is Cc1ccc(CC=N)cc1.Cc1ccc2[nH]c3c(c2c1)CCCC3c1ccc(OCC#N)cc1. The monoisotopic (exact) mass is 449 g/mol. The highest BCUT2D eigenvalue weighted by Crippen LogP contribution is 2.40. The summed E-state index contributed by atoms with van der Waals surface area (Å²) in [7, 11) is 0. The molecule has 4 aromatic rings. The number of nitrogens with one attached hydrogen (secondary N) is 2. The lowest BCUT2D eigenvalue weighted by Gasteiger charge is -2.23. The van der Waals surface area contributed by atoms with Crippen molar-refractivity contribution in [1.82, 2.24) is 4.98 Å². The summed E-state index contributed by atoms with van der Waals surface area (Å²) in [5.74, 6) is 1.16. The van der Waals surface area contributed by atoms with Crippen molar-refractivity contribution in [2.75, 3.05) is 6.61 Å². The van der Waals surface area contributed by atoms with Crippen molar-refractivity contribution in [2.45, 2.75) is 45.4 Å². The van der Waals surface area contributed by atoms with E-state index < -0.39 is 0 Å². The van der Waals surface area contributed by atoms with E-state index in [1.54, 1.807) is 0 Å². The van der Waals surface area contributed by atoms with Crippen LogP contribution in [0.2, 0.25) is 0 Å². The van der Waals surface area contributed by atoms with Gasteiger partial charge in [0.25, 0.3) is 0 Å². The van der Waals surface area contributed by atoms with Crippen LogP contribution in [0.15, 0.2) is 66.7 Å². The first-order valence-corrected chi connectivity index (χ1v) is 11.8. The topological polar surface area (TPSA) is 72.7 Å². The van der Waals surface area contributed by atoms with Gasteiger partial charge in [-0.15, -0.1) is 0 Å². The molecule has 0 spiro atoms. The smallest absolute Gasteiger partial charge is 0.174 e. The second-order valence-electron chi connectivity index (χ2n) is 8.92. The third kappa shape index (κ3) is 5.38. The Morgan fingerprint density at radius 1 is 1.03 bits per heavy atom. The van der Waals surface area contributed by atoms with E-state index in [4.69, 9.17) is 15.4 Å². The Labute approximate surface area is 201 Å². The molecular formula is C30H31N3O. The molecule has 1 unspecified atom stereocenters. The Kier molecular flexibility index (Phi) is 7.44. The van der Waals surface area contributed by atoms with E-state index in [2.05, 4.69) is 73.4 Å². The predicted octanol–water partition coefficient (Wildman–Crippen LogP) is 7.03. The van der Waals surface area contributed by atoms with Crippen molar-refractivity contribution in [2.24, 2.45) is 0 Å². The molecule has 1 heterocycles. The number of nitriles is 1. The molecule has 1 aliphatic rings. The first kappa shape index (κ1) is 23.3. The first-order valence-electron chi connectivity index (χ1n) is 11.8. The molecule has 34 heavy (non-hydrogen) atoms. The number of fused-ring (bicyclic) bond motifs is 3. The van der Waals surface area contributed by atoms with Gasteiger partial charge in [-0.1, -0.05) is 53.6 Å². The van der Waals surface area contributed by atoms with Gasteiger partial charge in [0.05, 0.1) is 0 Å². The molecule has 2 N–H and O–H groups in total. The fraction of sp³-hybridized carbons (Fsp3) is 0.267. The van der Waals surface area contributed by atoms with Crippen LogP contribution in [0.3, 0.4) is 0 Å². The molecule has 0 saturated carbocycles. The summed E-state index contributed by atoms with van der Waals surface area (Å²) in [6.45, 7) is 4.31. The quantitative estimate of drug-likeness (QED) is 0.321. The molecule has 1 aromatic heterocycles. The van der Waals surface area contributed by atoms with Crippen molar-refractivity contribution in [3.05, 3.63) is 100 Å². The predicted molar refractivity (Wildman–Crippen MR) is 139 cm³/mol. The molecule has 4 nitrogen and oxygen atoms in total. The van der Waals surface area contributed by atoms with Crippen LogP contribution in [0.4, 0.5) is 0 Å². The van der Waals surface area contributed by atoms with E-state index in [1.165, 1.54) is 57.0 Å². The van der Waals surface area contributed by atoms with Gasteiger partial charge in [0, 0.05) is 28.9 Å². The van der Waals surface area contributed by atoms with Crippen molar-refractivity contribution in [3.63, 3.8) is 0 Å². The number of benzene rings is 3. The Morgan fingerprint density at radius 2 is 1.76 bits per heavy atom. The standard InChI is InChI=1S/C21H20N2O.C9H11N/c1-14-5-10-20-19(13-14)18-4-2-3-17(21(18)23-20)15-6-8-16(9-7-15)24-12-11-22;1-8-2-4-9(5-3-8)6-7-10/h5-10,13,17,23H,2-4,12H2,1H3;2-5,7,10H,6H2,1H3. The zero-order chi connectivity index (χ0) is 23.9. The van der Waals surface area contributed by atoms with E-state index in [0.717, 1.165) is 25.0 Å². The molecular weight excluding hydrogens is 418 g/mol. The Balaban J connectivity index is 0.000000231. The number of hydrogen-bond acceptors (Lipinski definition) is 3. The van der Waals surface area contributed by atoms with Gasteiger partial charge in [0.2, 0.25) is 0 Å². The summed E-state index contributed by atoms with van der Waals surface area (Å²) in [4.78, 5) is 3.67. The maximum Gasteiger partial charge on any atom is 0.174 e. The average molecular weight is 450 g/mol. The number of aromatic amines is 1. The number of rotatable bonds is 5. The van der Waals surface area contributed by atoms with Gasteiger partial charge in [-0.25, -0.2) is 0 Å². The van der Waals surface area contributed by atoms with Crippen molar-refractivity contribution < 1.29 is 4.74 Å². The summed E-state index contributed by atoms with van der Waals surface area (Å²) in [6.07, 6.45) is 5.70. The van der Waals surface area contributed by atoms with Crippen LogP contribution in [-0.2, 0) is 12.8 Å². The number of aromatic nitrogens is 1. The van der Waals surface area contributed by atoms with E-state index in [-0.39, 0.29) is 6.61 Å². The van der Waals surface area contributed by atoms with Gasteiger partial charge < -0.3 is 15.1 Å². The van der Waals surface area contributed by atoms with Crippen LogP contribution in [0.1, 0.15) is 52.3 Å². The Morgan fingerprint density at radius 3 is 2.47 bits per heavy atom. The third-order valence-electron chi connectivity index (χ3n) is 6.41. The van der Waals surface area contributed by atoms with Crippen molar-refractivity contribution >= 4 is 17.1 Å². The summed E-state index contributed by atoms with van der Waals surface area (Å²) < 4.78 is 5.36. The zero-order valence-electron chi connectivity index (χ0n) is 19.9. The minimum Gasteiger partial charge on any atom is -0.479 e. The Hall–Kier alpha value is -3.84. The largest absolute Gasteiger partial charge is 0.479 e. The van der Waals surface area contributed by atoms with Gasteiger partial charge in [0.1, 0.15) is 11.8 Å². The van der Waals surface area contributed by atoms with Gasteiger partial charge >= 0.3 is 0 Å². The van der Waals surface area contributed by atoms with E-state index in [9.17, 15) is 0 Å². The molecule has 5 rings (SSSR count). The number of hydrogen-bond donors (Lipinski definition) is 2. The molecule has 1 atom stereocenters. The summed E-state index contributed by atoms with van der Waals surface area (Å²) in [6, 6.07) is 25.1. The molecule has 0 saturated heterocycles. The molecule has 1 aliphatic carbocycles. The van der Waals surface area contributed by atoms with E-state index in [1.807, 2.05) is 18.2 Å². The molecule has 0 radical (unpaired) electrons. The fourth-order valence-corrected chi connectivity index (χ4v) is 4.66. The number of nitrogens with zero attached hydrogens (tertiary/aromatic N) is 1. The summed E-state index contributed by atoms with van der Waals surface area (Å²) in [5, 5.41) is 16.9. The zero-order valence-corrected chi connectivity index (χ0v) is 19.9. The molecule has 0 fully saturated rings. The van der Waals surface area contributed by atoms with Crippen LogP contribution >= 0.6 is 0 Å². The van der Waals surface area contributed by atoms with Crippen molar-refractivity contribution in [1.29, 1.82) is 10.7 Å². The molecule has 0 bridgehead atoms. The van der Waals surface area contributed by atoms with Gasteiger partial charge in [-0.3, -0.25) is 0 Å². The summed E-state index contributed by atoms with van der Waals surface area (Å²) in [5.41, 5.74) is 9.19. The molecule has 0 amide bonds. The second kappa shape index (κ2) is 10.9. The van der Waals surface area contributed by atoms with E-state index >= 15 is 0 Å².